The van der Waals surface area contributed by atoms with Gasteiger partial charge in [0.1, 0.15) is 5.76 Å². The average Bonchev–Trinajstić information content (AvgIpc) is 2.35. The van der Waals surface area contributed by atoms with Gasteiger partial charge in [-0.15, -0.1) is 0 Å². The van der Waals surface area contributed by atoms with E-state index in [2.05, 4.69) is 0 Å². The molecule has 2 rings (SSSR count). The third-order valence-corrected chi connectivity index (χ3v) is 3.35. The van der Waals surface area contributed by atoms with Crippen LogP contribution in [-0.4, -0.2) is 4.92 Å². The molecule has 0 amide bonds. The van der Waals surface area contributed by atoms with Crippen molar-refractivity contribution in [3.05, 3.63) is 56.3 Å². The lowest BCUT2D eigenvalue weighted by atomic mass is 10.0. The van der Waals surface area contributed by atoms with Crippen molar-refractivity contribution >= 4 is 28.9 Å². The monoisotopic (exact) mass is 299 g/mol. The molecule has 0 bridgehead atoms. The minimum absolute atomic E-state index is 0.127. The molecule has 0 aliphatic heterocycles. The fourth-order valence-electron chi connectivity index (χ4n) is 1.73. The zero-order valence-corrected chi connectivity index (χ0v) is 11.6. The number of nitro benzene ring substituents is 1. The van der Waals surface area contributed by atoms with Gasteiger partial charge in [0.15, 0.2) is 5.75 Å². The number of allylic oxidation sites excluding steroid dienone is 4. The predicted octanol–water partition coefficient (Wildman–Crippen LogP) is 4.76. The van der Waals surface area contributed by atoms with Gasteiger partial charge in [0.05, 0.1) is 15.0 Å². The molecule has 19 heavy (non-hydrogen) atoms. The van der Waals surface area contributed by atoms with Gasteiger partial charge in [-0.05, 0) is 12.5 Å². The Hall–Kier alpha value is -1.52. The van der Waals surface area contributed by atoms with Crippen molar-refractivity contribution in [3.63, 3.8) is 0 Å². The molecule has 1 atom stereocenters. The van der Waals surface area contributed by atoms with Gasteiger partial charge in [0.25, 0.3) is 5.69 Å². The average molecular weight is 300 g/mol. The Morgan fingerprint density at radius 1 is 1.37 bits per heavy atom. The lowest BCUT2D eigenvalue weighted by Crippen LogP contribution is -2.08. The summed E-state index contributed by atoms with van der Waals surface area (Å²) in [5, 5.41) is 10.9. The fraction of sp³-hybridized carbons (Fsp3) is 0.231. The quantitative estimate of drug-likeness (QED) is 0.597. The van der Waals surface area contributed by atoms with Crippen molar-refractivity contribution in [1.29, 1.82) is 0 Å². The maximum atomic E-state index is 10.7. The number of benzene rings is 1. The van der Waals surface area contributed by atoms with Crippen LogP contribution in [0.1, 0.15) is 13.3 Å². The van der Waals surface area contributed by atoms with E-state index in [1.165, 1.54) is 12.1 Å². The molecule has 0 saturated heterocycles. The molecule has 0 aromatic heterocycles. The highest BCUT2D eigenvalue weighted by molar-refractivity contribution is 6.37. The molecule has 1 unspecified atom stereocenters. The maximum Gasteiger partial charge on any atom is 0.272 e. The van der Waals surface area contributed by atoms with Crippen LogP contribution >= 0.6 is 23.2 Å². The molecule has 0 saturated carbocycles. The molecule has 1 aliphatic rings. The van der Waals surface area contributed by atoms with Gasteiger partial charge in [-0.3, -0.25) is 10.1 Å². The first kappa shape index (κ1) is 13.9. The van der Waals surface area contributed by atoms with Crippen LogP contribution < -0.4 is 4.74 Å². The van der Waals surface area contributed by atoms with E-state index in [9.17, 15) is 10.1 Å². The van der Waals surface area contributed by atoms with Gasteiger partial charge < -0.3 is 4.74 Å². The molecule has 6 heteroatoms. The molecule has 1 aromatic carbocycles. The second-order valence-corrected chi connectivity index (χ2v) is 5.05. The normalized spacial score (nSPS) is 18.1. The summed E-state index contributed by atoms with van der Waals surface area (Å²) in [5.74, 6) is 1.20. The topological polar surface area (TPSA) is 52.4 Å². The van der Waals surface area contributed by atoms with Gasteiger partial charge in [0, 0.05) is 18.1 Å². The van der Waals surface area contributed by atoms with E-state index in [0.29, 0.717) is 0 Å². The molecular formula is C13H11Cl2NO3. The van der Waals surface area contributed by atoms with Crippen molar-refractivity contribution in [2.24, 2.45) is 5.92 Å². The van der Waals surface area contributed by atoms with E-state index in [1.54, 1.807) is 0 Å². The van der Waals surface area contributed by atoms with Gasteiger partial charge in [-0.1, -0.05) is 42.3 Å². The highest BCUT2D eigenvalue weighted by Gasteiger charge is 2.19. The number of hydrogen-bond acceptors (Lipinski definition) is 3. The first-order valence-electron chi connectivity index (χ1n) is 5.67. The van der Waals surface area contributed by atoms with E-state index in [4.69, 9.17) is 27.9 Å². The van der Waals surface area contributed by atoms with Crippen LogP contribution in [0.25, 0.3) is 0 Å². The smallest absolute Gasteiger partial charge is 0.272 e. The summed E-state index contributed by atoms with van der Waals surface area (Å²) in [6, 6.07) is 2.46. The lowest BCUT2D eigenvalue weighted by molar-refractivity contribution is -0.384. The van der Waals surface area contributed by atoms with Crippen molar-refractivity contribution in [3.8, 4) is 5.75 Å². The lowest BCUT2D eigenvalue weighted by Gasteiger charge is -2.19. The van der Waals surface area contributed by atoms with Crippen molar-refractivity contribution < 1.29 is 9.66 Å². The number of nitrogens with zero attached hydrogens (tertiary/aromatic N) is 1. The number of nitro groups is 1. The molecule has 0 fully saturated rings. The summed E-state index contributed by atoms with van der Waals surface area (Å²) >= 11 is 12.0. The third-order valence-electron chi connectivity index (χ3n) is 2.79. The second-order valence-electron chi connectivity index (χ2n) is 4.23. The summed E-state index contributed by atoms with van der Waals surface area (Å²) in [7, 11) is 0. The van der Waals surface area contributed by atoms with Crippen molar-refractivity contribution in [2.75, 3.05) is 0 Å². The van der Waals surface area contributed by atoms with E-state index >= 15 is 0 Å². The van der Waals surface area contributed by atoms with Gasteiger partial charge >= 0.3 is 0 Å². The van der Waals surface area contributed by atoms with Crippen molar-refractivity contribution in [1.82, 2.24) is 0 Å². The van der Waals surface area contributed by atoms with Gasteiger partial charge in [-0.25, -0.2) is 0 Å². The minimum Gasteiger partial charge on any atom is -0.458 e. The Kier molecular flexibility index (Phi) is 4.12. The summed E-state index contributed by atoms with van der Waals surface area (Å²) in [6.07, 6.45) is 6.63. The van der Waals surface area contributed by atoms with Crippen LogP contribution in [0, 0.1) is 16.0 Å². The van der Waals surface area contributed by atoms with E-state index in [1.807, 2.05) is 25.2 Å². The van der Waals surface area contributed by atoms with Gasteiger partial charge in [-0.2, -0.15) is 0 Å². The van der Waals surface area contributed by atoms with Crippen LogP contribution in [0.3, 0.4) is 0 Å². The molecule has 0 radical (unpaired) electrons. The zero-order chi connectivity index (χ0) is 14.0. The highest BCUT2D eigenvalue weighted by Crippen LogP contribution is 2.39. The van der Waals surface area contributed by atoms with Crippen LogP contribution in [0.15, 0.2) is 36.1 Å². The first-order valence-corrected chi connectivity index (χ1v) is 6.42. The summed E-state index contributed by atoms with van der Waals surface area (Å²) in [4.78, 5) is 10.1. The molecule has 0 N–H and O–H groups in total. The molecule has 0 heterocycles. The number of rotatable bonds is 3. The Morgan fingerprint density at radius 2 is 2.00 bits per heavy atom. The number of ether oxygens (including phenoxy) is 1. The molecule has 0 spiro atoms. The van der Waals surface area contributed by atoms with Crippen LogP contribution in [0.5, 0.6) is 5.75 Å². The molecular weight excluding hydrogens is 289 g/mol. The predicted molar refractivity (Wildman–Crippen MR) is 74.7 cm³/mol. The SMILES string of the molecule is CC1CC=CC=C1Oc1c(Cl)cc([N+](=O)[O-])cc1Cl. The standard InChI is InChI=1S/C13H11Cl2NO3/c1-8-4-2-3-5-12(8)19-13-10(14)6-9(16(17)18)7-11(13)15/h2-3,5-8H,4H2,1H3. The fourth-order valence-corrected chi connectivity index (χ4v) is 2.28. The number of halogens is 2. The Morgan fingerprint density at radius 3 is 2.53 bits per heavy atom. The van der Waals surface area contributed by atoms with Gasteiger partial charge in [0.2, 0.25) is 0 Å². The van der Waals surface area contributed by atoms with Crippen LogP contribution in [0.2, 0.25) is 10.0 Å². The first-order chi connectivity index (χ1) is 8.99. The minimum atomic E-state index is -0.549. The maximum absolute atomic E-state index is 10.7. The third kappa shape index (κ3) is 3.08. The summed E-state index contributed by atoms with van der Waals surface area (Å²) in [6.45, 7) is 2.02. The van der Waals surface area contributed by atoms with E-state index < -0.39 is 4.92 Å². The molecule has 1 aliphatic carbocycles. The largest absolute Gasteiger partial charge is 0.458 e. The second kappa shape index (κ2) is 5.63. The zero-order valence-electron chi connectivity index (χ0n) is 10.1. The number of hydrogen-bond donors (Lipinski definition) is 0. The summed E-state index contributed by atoms with van der Waals surface area (Å²) in [5.41, 5.74) is -0.159. The van der Waals surface area contributed by atoms with E-state index in [-0.39, 0.29) is 27.4 Å². The molecule has 1 aromatic rings. The van der Waals surface area contributed by atoms with E-state index in [0.717, 1.165) is 12.2 Å². The Labute approximate surface area is 120 Å². The summed E-state index contributed by atoms with van der Waals surface area (Å²) < 4.78 is 5.69. The molecule has 100 valence electrons. The van der Waals surface area contributed by atoms with Crippen LogP contribution in [-0.2, 0) is 0 Å². The highest BCUT2D eigenvalue weighted by atomic mass is 35.5. The van der Waals surface area contributed by atoms with Crippen LogP contribution in [0.4, 0.5) is 5.69 Å². The Balaban J connectivity index is 2.33. The Bertz CT molecular complexity index is 558. The van der Waals surface area contributed by atoms with Crippen molar-refractivity contribution in [2.45, 2.75) is 13.3 Å². The number of non-ortho nitro benzene ring substituents is 1. The molecule has 4 nitrogen and oxygen atoms in total.